The minimum absolute atomic E-state index is 0.0831. The molecule has 2 N–H and O–H groups in total. The van der Waals surface area contributed by atoms with Gasteiger partial charge in [0.05, 0.1) is 18.4 Å². The highest BCUT2D eigenvalue weighted by Gasteiger charge is 2.21. The van der Waals surface area contributed by atoms with Gasteiger partial charge in [-0.3, -0.25) is 0 Å². The van der Waals surface area contributed by atoms with E-state index in [1.165, 1.54) is 6.33 Å². The van der Waals surface area contributed by atoms with Crippen molar-refractivity contribution in [3.05, 3.63) is 35.2 Å². The number of allylic oxidation sites excluding steroid dienone is 1. The van der Waals surface area contributed by atoms with Crippen molar-refractivity contribution in [2.75, 3.05) is 5.73 Å². The quantitative estimate of drug-likeness (QED) is 0.372. The molecule has 0 aromatic carbocycles. The maximum absolute atomic E-state index is 8.42. The van der Waals surface area contributed by atoms with Crippen LogP contribution in [0.15, 0.2) is 29.9 Å². The summed E-state index contributed by atoms with van der Waals surface area (Å²) in [6, 6.07) is -0.0311. The van der Waals surface area contributed by atoms with E-state index in [1.807, 2.05) is 16.7 Å². The molecule has 0 amide bonds. The molecule has 90 valence electrons. The SMILES string of the molecule is [N-]=[N+]=N[C@@H]1C=C[C@H](n2cnc3c(N)ncnc32)C1. The first-order valence-corrected chi connectivity index (χ1v) is 5.45. The van der Waals surface area contributed by atoms with Gasteiger partial charge in [-0.2, -0.15) is 0 Å². The molecule has 0 spiro atoms. The van der Waals surface area contributed by atoms with Gasteiger partial charge in [0.1, 0.15) is 11.8 Å². The number of aromatic nitrogens is 4. The summed E-state index contributed by atoms with van der Waals surface area (Å²) in [7, 11) is 0. The Bertz CT molecular complexity index is 666. The van der Waals surface area contributed by atoms with Crippen LogP contribution >= 0.6 is 0 Å². The minimum atomic E-state index is -0.114. The van der Waals surface area contributed by atoms with E-state index in [4.69, 9.17) is 11.3 Å². The van der Waals surface area contributed by atoms with Crippen LogP contribution < -0.4 is 5.73 Å². The number of nitrogen functional groups attached to an aromatic ring is 1. The average molecular weight is 242 g/mol. The highest BCUT2D eigenvalue weighted by Crippen LogP contribution is 2.28. The predicted molar refractivity (Wildman–Crippen MR) is 65.5 cm³/mol. The minimum Gasteiger partial charge on any atom is -0.382 e. The normalized spacial score (nSPS) is 22.2. The van der Waals surface area contributed by atoms with Gasteiger partial charge in [-0.15, -0.1) is 0 Å². The molecule has 0 radical (unpaired) electrons. The van der Waals surface area contributed by atoms with E-state index in [-0.39, 0.29) is 12.1 Å². The number of nitrogens with zero attached hydrogens (tertiary/aromatic N) is 7. The number of fused-ring (bicyclic) bond motifs is 1. The zero-order valence-electron chi connectivity index (χ0n) is 9.38. The second-order valence-electron chi connectivity index (χ2n) is 4.04. The third kappa shape index (κ3) is 1.56. The molecule has 0 aliphatic heterocycles. The van der Waals surface area contributed by atoms with Gasteiger partial charge in [-0.25, -0.2) is 15.0 Å². The highest BCUT2D eigenvalue weighted by molar-refractivity contribution is 5.81. The largest absolute Gasteiger partial charge is 0.382 e. The monoisotopic (exact) mass is 242 g/mol. The summed E-state index contributed by atoms with van der Waals surface area (Å²) in [5.74, 6) is 0.368. The summed E-state index contributed by atoms with van der Waals surface area (Å²) >= 11 is 0. The van der Waals surface area contributed by atoms with Crippen LogP contribution in [-0.2, 0) is 0 Å². The van der Waals surface area contributed by atoms with Crippen molar-refractivity contribution >= 4 is 17.0 Å². The molecule has 18 heavy (non-hydrogen) atoms. The lowest BCUT2D eigenvalue weighted by atomic mass is 10.2. The van der Waals surface area contributed by atoms with Gasteiger partial charge in [0.25, 0.3) is 0 Å². The third-order valence-corrected chi connectivity index (χ3v) is 2.98. The van der Waals surface area contributed by atoms with Crippen LogP contribution in [0.5, 0.6) is 0 Å². The number of hydrogen-bond donors (Lipinski definition) is 1. The fourth-order valence-electron chi connectivity index (χ4n) is 2.13. The molecule has 2 aromatic heterocycles. The van der Waals surface area contributed by atoms with Crippen LogP contribution in [0, 0.1) is 0 Å². The molecule has 2 heterocycles. The molecule has 0 bridgehead atoms. The number of rotatable bonds is 2. The van der Waals surface area contributed by atoms with Gasteiger partial charge in [0.15, 0.2) is 11.5 Å². The Labute approximate surface area is 102 Å². The maximum atomic E-state index is 8.42. The van der Waals surface area contributed by atoms with Crippen molar-refractivity contribution in [1.29, 1.82) is 0 Å². The molecule has 3 rings (SSSR count). The molecule has 0 unspecified atom stereocenters. The van der Waals surface area contributed by atoms with Crippen molar-refractivity contribution in [2.24, 2.45) is 5.11 Å². The summed E-state index contributed by atoms with van der Waals surface area (Å²) in [6.45, 7) is 0. The van der Waals surface area contributed by atoms with E-state index in [0.29, 0.717) is 23.4 Å². The van der Waals surface area contributed by atoms with Crippen molar-refractivity contribution in [1.82, 2.24) is 19.5 Å². The van der Waals surface area contributed by atoms with Gasteiger partial charge < -0.3 is 10.3 Å². The van der Waals surface area contributed by atoms with Gasteiger partial charge >= 0.3 is 0 Å². The molecule has 0 fully saturated rings. The first-order valence-electron chi connectivity index (χ1n) is 5.45. The average Bonchev–Trinajstić information content (AvgIpc) is 2.96. The molecule has 2 aromatic rings. The second-order valence-corrected chi connectivity index (χ2v) is 4.04. The topological polar surface area (TPSA) is 118 Å². The number of hydrogen-bond acceptors (Lipinski definition) is 5. The molecular weight excluding hydrogens is 232 g/mol. The standard InChI is InChI=1S/C10H10N8/c11-9-8-10(14-4-13-9)18(5-15-8)7-2-1-6(3-7)16-17-12/h1-2,4-7H,3H2,(H2,11,13,14)/t6-,7+/m1/s1. The van der Waals surface area contributed by atoms with Crippen LogP contribution in [0.2, 0.25) is 0 Å². The number of azide groups is 1. The zero-order chi connectivity index (χ0) is 12.5. The van der Waals surface area contributed by atoms with Crippen molar-refractivity contribution in [3.8, 4) is 0 Å². The summed E-state index contributed by atoms with van der Waals surface area (Å²) in [4.78, 5) is 15.1. The Morgan fingerprint density at radius 2 is 2.28 bits per heavy atom. The second kappa shape index (κ2) is 4.01. The Hall–Kier alpha value is -2.60. The van der Waals surface area contributed by atoms with E-state index in [1.54, 1.807) is 6.33 Å². The fourth-order valence-corrected chi connectivity index (χ4v) is 2.13. The van der Waals surface area contributed by atoms with Gasteiger partial charge in [-0.05, 0) is 12.0 Å². The Morgan fingerprint density at radius 3 is 3.11 bits per heavy atom. The molecule has 1 aliphatic carbocycles. The van der Waals surface area contributed by atoms with Crippen LogP contribution in [0.3, 0.4) is 0 Å². The lowest BCUT2D eigenvalue weighted by molar-refractivity contribution is 0.568. The lowest BCUT2D eigenvalue weighted by Crippen LogP contribution is -2.07. The number of imidazole rings is 1. The van der Waals surface area contributed by atoms with Crippen molar-refractivity contribution < 1.29 is 0 Å². The third-order valence-electron chi connectivity index (χ3n) is 2.98. The van der Waals surface area contributed by atoms with Crippen molar-refractivity contribution in [3.63, 3.8) is 0 Å². The molecular formula is C10H10N8. The molecule has 2 atom stereocenters. The van der Waals surface area contributed by atoms with E-state index in [2.05, 4.69) is 25.0 Å². The van der Waals surface area contributed by atoms with Gasteiger partial charge in [0, 0.05) is 4.91 Å². The van der Waals surface area contributed by atoms with E-state index < -0.39 is 0 Å². The van der Waals surface area contributed by atoms with Crippen LogP contribution in [0.1, 0.15) is 12.5 Å². The van der Waals surface area contributed by atoms with E-state index in [9.17, 15) is 0 Å². The Kier molecular flexibility index (Phi) is 2.35. The molecule has 0 saturated carbocycles. The summed E-state index contributed by atoms with van der Waals surface area (Å²) in [5.41, 5.74) is 15.4. The Balaban J connectivity index is 1.99. The number of anilines is 1. The highest BCUT2D eigenvalue weighted by atomic mass is 15.2. The maximum Gasteiger partial charge on any atom is 0.165 e. The van der Waals surface area contributed by atoms with E-state index >= 15 is 0 Å². The Morgan fingerprint density at radius 1 is 1.39 bits per heavy atom. The van der Waals surface area contributed by atoms with Crippen molar-refractivity contribution in [2.45, 2.75) is 18.5 Å². The van der Waals surface area contributed by atoms with Crippen LogP contribution in [-0.4, -0.2) is 25.6 Å². The zero-order valence-corrected chi connectivity index (χ0v) is 9.38. The lowest BCUT2D eigenvalue weighted by Gasteiger charge is -2.11. The summed E-state index contributed by atoms with van der Waals surface area (Å²) < 4.78 is 1.91. The predicted octanol–water partition coefficient (Wildman–Crippen LogP) is 1.59. The first-order chi connectivity index (χ1) is 8.79. The molecule has 1 aliphatic rings. The van der Waals surface area contributed by atoms with Crippen LogP contribution in [0.25, 0.3) is 21.6 Å². The van der Waals surface area contributed by atoms with Crippen LogP contribution in [0.4, 0.5) is 5.82 Å². The fraction of sp³-hybridized carbons (Fsp3) is 0.300. The smallest absolute Gasteiger partial charge is 0.165 e. The first kappa shape index (κ1) is 10.5. The van der Waals surface area contributed by atoms with Gasteiger partial charge in [-0.1, -0.05) is 17.3 Å². The molecule has 8 nitrogen and oxygen atoms in total. The molecule has 8 heteroatoms. The summed E-state index contributed by atoms with van der Waals surface area (Å²) in [5, 5.41) is 3.68. The summed E-state index contributed by atoms with van der Waals surface area (Å²) in [6.07, 6.45) is 7.68. The molecule has 0 saturated heterocycles. The van der Waals surface area contributed by atoms with E-state index in [0.717, 1.165) is 0 Å². The van der Waals surface area contributed by atoms with Gasteiger partial charge in [0.2, 0.25) is 0 Å². The number of nitrogens with two attached hydrogens (primary N) is 1.